The highest BCUT2D eigenvalue weighted by Gasteiger charge is 2.46. The Bertz CT molecular complexity index is 1300. The summed E-state index contributed by atoms with van der Waals surface area (Å²) in [7, 11) is 0. The number of Topliss-reactive ketones (excluding diaryl/α,β-unsaturated/α-hetero) is 1. The molecule has 0 radical (unpaired) electrons. The molecule has 0 aliphatic carbocycles. The highest BCUT2D eigenvalue weighted by atomic mass is 79.9. The first-order valence-corrected chi connectivity index (χ1v) is 12.1. The number of ether oxygens (including phenoxy) is 1. The Labute approximate surface area is 206 Å². The van der Waals surface area contributed by atoms with Crippen LogP contribution in [0.15, 0.2) is 82.8 Å². The number of carbonyl (C=O) groups is 2. The molecule has 1 N–H and O–H groups in total. The van der Waals surface area contributed by atoms with E-state index in [1.165, 1.54) is 0 Å². The largest absolute Gasteiger partial charge is 0.507 e. The summed E-state index contributed by atoms with van der Waals surface area (Å²) < 4.78 is 6.60. The van der Waals surface area contributed by atoms with Crippen molar-refractivity contribution in [1.82, 2.24) is 4.90 Å². The monoisotopic (exact) mass is 517 g/mol. The quantitative estimate of drug-likeness (QED) is 0.278. The second-order valence-electron chi connectivity index (χ2n) is 8.74. The standard InChI is InChI=1S/C28H24BrNO4/c1-17-14-21-15-20(10-11-23(21)34-17)26(31)24-25(19-8-5-9-22(29)16-19)30(28(33)27(24)32)13-12-18-6-3-2-4-7-18/h2-11,15-17,25,31H,12-14H2,1H3/t17-,25-/m0/s1. The lowest BCUT2D eigenvalue weighted by Crippen LogP contribution is -2.31. The molecular weight excluding hydrogens is 494 g/mol. The average molecular weight is 518 g/mol. The van der Waals surface area contributed by atoms with Crippen LogP contribution in [0.1, 0.15) is 35.2 Å². The highest BCUT2D eigenvalue weighted by Crippen LogP contribution is 2.41. The predicted octanol–water partition coefficient (Wildman–Crippen LogP) is 5.44. The summed E-state index contributed by atoms with van der Waals surface area (Å²) in [4.78, 5) is 28.0. The van der Waals surface area contributed by atoms with Gasteiger partial charge in [0.1, 0.15) is 17.6 Å². The van der Waals surface area contributed by atoms with Crippen LogP contribution in [0, 0.1) is 0 Å². The molecular formula is C28H24BrNO4. The van der Waals surface area contributed by atoms with Crippen molar-refractivity contribution < 1.29 is 19.4 Å². The highest BCUT2D eigenvalue weighted by molar-refractivity contribution is 9.10. The normalized spacial score (nSPS) is 20.9. The molecule has 0 bridgehead atoms. The molecule has 0 saturated carbocycles. The summed E-state index contributed by atoms with van der Waals surface area (Å²) in [5.74, 6) is -0.634. The van der Waals surface area contributed by atoms with Crippen molar-refractivity contribution in [3.05, 3.63) is 105 Å². The summed E-state index contributed by atoms with van der Waals surface area (Å²) >= 11 is 3.50. The minimum Gasteiger partial charge on any atom is -0.507 e. The van der Waals surface area contributed by atoms with Gasteiger partial charge in [-0.2, -0.15) is 0 Å². The fourth-order valence-electron chi connectivity index (χ4n) is 4.75. The molecule has 3 aromatic carbocycles. The van der Waals surface area contributed by atoms with E-state index in [1.807, 2.05) is 73.7 Å². The molecule has 0 unspecified atom stereocenters. The number of benzene rings is 3. The summed E-state index contributed by atoms with van der Waals surface area (Å²) in [5, 5.41) is 11.3. The van der Waals surface area contributed by atoms with Crippen LogP contribution < -0.4 is 4.74 Å². The average Bonchev–Trinajstić information content (AvgIpc) is 3.33. The molecule has 2 atom stereocenters. The first-order valence-electron chi connectivity index (χ1n) is 11.3. The number of aliphatic hydroxyl groups is 1. The van der Waals surface area contributed by atoms with Crippen LogP contribution in [0.5, 0.6) is 5.75 Å². The van der Waals surface area contributed by atoms with Crippen molar-refractivity contribution in [3.63, 3.8) is 0 Å². The van der Waals surface area contributed by atoms with Gasteiger partial charge in [-0.3, -0.25) is 9.59 Å². The van der Waals surface area contributed by atoms with E-state index in [-0.39, 0.29) is 17.4 Å². The van der Waals surface area contributed by atoms with Gasteiger partial charge in [-0.15, -0.1) is 0 Å². The molecule has 3 aromatic rings. The molecule has 1 saturated heterocycles. The smallest absolute Gasteiger partial charge is 0.295 e. The van der Waals surface area contributed by atoms with Crippen LogP contribution in [0.2, 0.25) is 0 Å². The first kappa shape index (κ1) is 22.4. The first-order chi connectivity index (χ1) is 16.4. The van der Waals surface area contributed by atoms with Crippen molar-refractivity contribution in [3.8, 4) is 5.75 Å². The Hall–Kier alpha value is -3.38. The Morgan fingerprint density at radius 1 is 1.06 bits per heavy atom. The molecule has 2 heterocycles. The van der Waals surface area contributed by atoms with E-state index in [4.69, 9.17) is 4.74 Å². The molecule has 2 aliphatic heterocycles. The van der Waals surface area contributed by atoms with E-state index < -0.39 is 17.7 Å². The van der Waals surface area contributed by atoms with Gasteiger partial charge in [0.15, 0.2) is 0 Å². The summed E-state index contributed by atoms with van der Waals surface area (Å²) in [6, 6.07) is 22.1. The van der Waals surface area contributed by atoms with E-state index >= 15 is 0 Å². The lowest BCUT2D eigenvalue weighted by molar-refractivity contribution is -0.139. The molecule has 0 aromatic heterocycles. The number of hydrogen-bond acceptors (Lipinski definition) is 4. The van der Waals surface area contributed by atoms with Gasteiger partial charge in [0, 0.05) is 23.0 Å². The molecule has 6 heteroatoms. The van der Waals surface area contributed by atoms with Gasteiger partial charge in [0.05, 0.1) is 11.6 Å². The van der Waals surface area contributed by atoms with Crippen LogP contribution in [0.4, 0.5) is 0 Å². The Kier molecular flexibility index (Phi) is 6.00. The van der Waals surface area contributed by atoms with Crippen molar-refractivity contribution in [2.24, 2.45) is 0 Å². The van der Waals surface area contributed by atoms with Crippen LogP contribution in [-0.2, 0) is 22.4 Å². The molecule has 34 heavy (non-hydrogen) atoms. The topological polar surface area (TPSA) is 66.8 Å². The third kappa shape index (κ3) is 4.14. The lowest BCUT2D eigenvalue weighted by Gasteiger charge is -2.25. The fourth-order valence-corrected chi connectivity index (χ4v) is 5.17. The maximum Gasteiger partial charge on any atom is 0.295 e. The molecule has 2 aliphatic rings. The van der Waals surface area contributed by atoms with Gasteiger partial charge in [0.2, 0.25) is 0 Å². The molecule has 1 fully saturated rings. The van der Waals surface area contributed by atoms with Gasteiger partial charge >= 0.3 is 0 Å². The Morgan fingerprint density at radius 2 is 1.85 bits per heavy atom. The zero-order valence-corrected chi connectivity index (χ0v) is 20.3. The van der Waals surface area contributed by atoms with E-state index in [9.17, 15) is 14.7 Å². The maximum absolute atomic E-state index is 13.3. The van der Waals surface area contributed by atoms with Crippen LogP contribution >= 0.6 is 15.9 Å². The zero-order chi connectivity index (χ0) is 23.8. The number of halogens is 1. The third-order valence-electron chi connectivity index (χ3n) is 6.36. The molecule has 172 valence electrons. The minimum atomic E-state index is -0.676. The fraction of sp³-hybridized carbons (Fsp3) is 0.214. The van der Waals surface area contributed by atoms with Crippen LogP contribution in [0.3, 0.4) is 0 Å². The number of fused-ring (bicyclic) bond motifs is 1. The van der Waals surface area contributed by atoms with E-state index in [1.54, 1.807) is 11.0 Å². The van der Waals surface area contributed by atoms with Crippen molar-refractivity contribution in [2.75, 3.05) is 6.54 Å². The number of hydrogen-bond donors (Lipinski definition) is 1. The third-order valence-corrected chi connectivity index (χ3v) is 6.85. The Morgan fingerprint density at radius 3 is 2.62 bits per heavy atom. The van der Waals surface area contributed by atoms with E-state index in [2.05, 4.69) is 15.9 Å². The van der Waals surface area contributed by atoms with Gasteiger partial charge in [0.25, 0.3) is 11.7 Å². The Balaban J connectivity index is 1.58. The molecule has 0 spiro atoms. The number of rotatable bonds is 5. The zero-order valence-electron chi connectivity index (χ0n) is 18.7. The predicted molar refractivity (Wildman–Crippen MR) is 134 cm³/mol. The molecule has 1 amide bonds. The minimum absolute atomic E-state index is 0.0673. The van der Waals surface area contributed by atoms with Gasteiger partial charge in [-0.1, -0.05) is 58.4 Å². The van der Waals surface area contributed by atoms with Crippen molar-refractivity contribution >= 4 is 33.4 Å². The number of nitrogens with zero attached hydrogens (tertiary/aromatic N) is 1. The van der Waals surface area contributed by atoms with Gasteiger partial charge < -0.3 is 14.7 Å². The number of aliphatic hydroxyl groups excluding tert-OH is 1. The summed E-state index contributed by atoms with van der Waals surface area (Å²) in [6.07, 6.45) is 1.40. The molecule has 5 rings (SSSR count). The number of amides is 1. The summed E-state index contributed by atoms with van der Waals surface area (Å²) in [5.41, 5.74) is 3.45. The number of likely N-dealkylation sites (tertiary alicyclic amines) is 1. The number of carbonyl (C=O) groups excluding carboxylic acids is 2. The van der Waals surface area contributed by atoms with Gasteiger partial charge in [-0.25, -0.2) is 0 Å². The summed E-state index contributed by atoms with van der Waals surface area (Å²) in [6.45, 7) is 2.35. The van der Waals surface area contributed by atoms with E-state index in [0.29, 0.717) is 18.5 Å². The molecule has 5 nitrogen and oxygen atoms in total. The van der Waals surface area contributed by atoms with Crippen molar-refractivity contribution in [1.29, 1.82) is 0 Å². The van der Waals surface area contributed by atoms with Gasteiger partial charge in [-0.05, 0) is 60.4 Å². The number of ketones is 1. The lowest BCUT2D eigenvalue weighted by atomic mass is 9.94. The second kappa shape index (κ2) is 9.11. The SMILES string of the molecule is C[C@H]1Cc2cc(C(O)=C3C(=O)C(=O)N(CCc4ccccc4)[C@H]3c3cccc(Br)c3)ccc2O1. The van der Waals surface area contributed by atoms with Crippen LogP contribution in [0.25, 0.3) is 5.76 Å². The van der Waals surface area contributed by atoms with E-state index in [0.717, 1.165) is 33.3 Å². The van der Waals surface area contributed by atoms with Crippen molar-refractivity contribution in [2.45, 2.75) is 31.9 Å². The second-order valence-corrected chi connectivity index (χ2v) is 9.65. The maximum atomic E-state index is 13.3. The van der Waals surface area contributed by atoms with Crippen LogP contribution in [-0.4, -0.2) is 34.3 Å².